The number of hydrogen-bond donors (Lipinski definition) is 0. The number of carbonyl (C=O) groups is 1. The summed E-state index contributed by atoms with van der Waals surface area (Å²) in [6, 6.07) is 7.33. The molecule has 0 fully saturated rings. The van der Waals surface area contributed by atoms with Gasteiger partial charge < -0.3 is 9.47 Å². The maximum absolute atomic E-state index is 11.6. The Bertz CT molecular complexity index is 553. The van der Waals surface area contributed by atoms with Crippen molar-refractivity contribution in [3.8, 4) is 11.8 Å². The Morgan fingerprint density at radius 2 is 2.26 bits per heavy atom. The van der Waals surface area contributed by atoms with Gasteiger partial charge in [-0.15, -0.1) is 0 Å². The van der Waals surface area contributed by atoms with Gasteiger partial charge in [0.25, 0.3) is 0 Å². The molecule has 0 saturated heterocycles. The van der Waals surface area contributed by atoms with Gasteiger partial charge in [-0.1, -0.05) is 24.3 Å². The Labute approximate surface area is 112 Å². The molecule has 0 aliphatic heterocycles. The second kappa shape index (κ2) is 7.02. The van der Waals surface area contributed by atoms with Gasteiger partial charge in [-0.3, -0.25) is 0 Å². The molecule has 4 nitrogen and oxygen atoms in total. The zero-order valence-corrected chi connectivity index (χ0v) is 11.0. The first-order valence-corrected chi connectivity index (χ1v) is 5.66. The van der Waals surface area contributed by atoms with Gasteiger partial charge in [0, 0.05) is 5.56 Å². The Hall–Kier alpha value is -2.54. The number of nitrogens with zero attached hydrogens (tertiary/aromatic N) is 1. The van der Waals surface area contributed by atoms with Crippen molar-refractivity contribution in [1.29, 1.82) is 5.26 Å². The minimum absolute atomic E-state index is 0.0722. The Balaban J connectivity index is 3.10. The van der Waals surface area contributed by atoms with Crippen LogP contribution in [0.25, 0.3) is 6.08 Å². The highest BCUT2D eigenvalue weighted by molar-refractivity contribution is 5.98. The fourth-order valence-corrected chi connectivity index (χ4v) is 1.47. The van der Waals surface area contributed by atoms with E-state index >= 15 is 0 Å². The van der Waals surface area contributed by atoms with Gasteiger partial charge in [0.15, 0.2) is 0 Å². The molecule has 19 heavy (non-hydrogen) atoms. The highest BCUT2D eigenvalue weighted by Gasteiger charge is 2.11. The van der Waals surface area contributed by atoms with E-state index in [4.69, 9.17) is 14.7 Å². The maximum atomic E-state index is 11.6. The molecule has 0 radical (unpaired) electrons. The van der Waals surface area contributed by atoms with Crippen LogP contribution in [0.5, 0.6) is 5.75 Å². The molecule has 0 amide bonds. The molecule has 0 aliphatic carbocycles. The summed E-state index contributed by atoms with van der Waals surface area (Å²) in [5, 5.41) is 9.00. The molecule has 4 heteroatoms. The Morgan fingerprint density at radius 1 is 1.53 bits per heavy atom. The van der Waals surface area contributed by atoms with Crippen LogP contribution in [0.3, 0.4) is 0 Å². The van der Waals surface area contributed by atoms with Crippen molar-refractivity contribution in [1.82, 2.24) is 0 Å². The van der Waals surface area contributed by atoms with Crippen LogP contribution < -0.4 is 4.74 Å². The summed E-state index contributed by atoms with van der Waals surface area (Å²) in [4.78, 5) is 11.6. The van der Waals surface area contributed by atoms with Crippen molar-refractivity contribution in [3.63, 3.8) is 0 Å². The standard InChI is InChI=1S/C15H15NO3/c1-4-7-19-15(17)13(10-16)9-12-8-11(2)5-6-14(12)18-3/h4-6,8-9H,1,7H2,2-3H3/b13-9+. The van der Waals surface area contributed by atoms with Crippen molar-refractivity contribution < 1.29 is 14.3 Å². The summed E-state index contributed by atoms with van der Waals surface area (Å²) in [6.07, 6.45) is 2.90. The predicted octanol–water partition coefficient (Wildman–Crippen LogP) is 2.64. The van der Waals surface area contributed by atoms with Crippen LogP contribution in [0, 0.1) is 18.3 Å². The van der Waals surface area contributed by atoms with Crippen molar-refractivity contribution in [3.05, 3.63) is 47.6 Å². The van der Waals surface area contributed by atoms with E-state index in [9.17, 15) is 4.79 Å². The second-order valence-corrected chi connectivity index (χ2v) is 3.80. The normalized spacial score (nSPS) is 10.5. The summed E-state index contributed by atoms with van der Waals surface area (Å²) in [6.45, 7) is 5.43. The molecule has 0 saturated carbocycles. The third-order valence-corrected chi connectivity index (χ3v) is 2.36. The fourth-order valence-electron chi connectivity index (χ4n) is 1.47. The van der Waals surface area contributed by atoms with Crippen molar-refractivity contribution in [2.75, 3.05) is 13.7 Å². The third-order valence-electron chi connectivity index (χ3n) is 2.36. The lowest BCUT2D eigenvalue weighted by Gasteiger charge is -2.06. The lowest BCUT2D eigenvalue weighted by molar-refractivity contribution is -0.137. The quantitative estimate of drug-likeness (QED) is 0.352. The Kier molecular flexibility index (Phi) is 5.36. The first kappa shape index (κ1) is 14.5. The summed E-state index contributed by atoms with van der Waals surface area (Å²) in [5.74, 6) is -0.0826. The number of aryl methyl sites for hydroxylation is 1. The van der Waals surface area contributed by atoms with Crippen molar-refractivity contribution in [2.24, 2.45) is 0 Å². The molecular weight excluding hydrogens is 242 g/mol. The van der Waals surface area contributed by atoms with Crippen LogP contribution in [0.2, 0.25) is 0 Å². The number of ether oxygens (including phenoxy) is 2. The molecule has 0 aliphatic rings. The van der Waals surface area contributed by atoms with Crippen LogP contribution in [-0.4, -0.2) is 19.7 Å². The van der Waals surface area contributed by atoms with Gasteiger partial charge in [0.2, 0.25) is 0 Å². The molecule has 0 aromatic heterocycles. The predicted molar refractivity (Wildman–Crippen MR) is 72.5 cm³/mol. The number of nitriles is 1. The lowest BCUT2D eigenvalue weighted by Crippen LogP contribution is -2.06. The van der Waals surface area contributed by atoms with Crippen molar-refractivity contribution >= 4 is 12.0 Å². The van der Waals surface area contributed by atoms with Crippen molar-refractivity contribution in [2.45, 2.75) is 6.92 Å². The van der Waals surface area contributed by atoms with E-state index in [1.54, 1.807) is 6.07 Å². The molecule has 1 aromatic carbocycles. The van der Waals surface area contributed by atoms with Crippen LogP contribution in [0.15, 0.2) is 36.4 Å². The Morgan fingerprint density at radius 3 is 2.84 bits per heavy atom. The molecular formula is C15H15NO3. The first-order chi connectivity index (χ1) is 9.12. The monoisotopic (exact) mass is 257 g/mol. The van der Waals surface area contributed by atoms with Gasteiger partial charge in [-0.2, -0.15) is 5.26 Å². The van der Waals surface area contributed by atoms with Crippen LogP contribution in [0.1, 0.15) is 11.1 Å². The van der Waals surface area contributed by atoms with E-state index in [0.717, 1.165) is 5.56 Å². The van der Waals surface area contributed by atoms with Gasteiger partial charge in [0.1, 0.15) is 24.0 Å². The van der Waals surface area contributed by atoms with E-state index in [-0.39, 0.29) is 12.2 Å². The number of methoxy groups -OCH3 is 1. The first-order valence-electron chi connectivity index (χ1n) is 5.66. The summed E-state index contributed by atoms with van der Waals surface area (Å²) >= 11 is 0. The molecule has 0 unspecified atom stereocenters. The fraction of sp³-hybridized carbons (Fsp3) is 0.200. The average Bonchev–Trinajstić information content (AvgIpc) is 2.42. The van der Waals surface area contributed by atoms with E-state index in [1.165, 1.54) is 19.3 Å². The molecule has 0 bridgehead atoms. The largest absolute Gasteiger partial charge is 0.496 e. The zero-order chi connectivity index (χ0) is 14.3. The van der Waals surface area contributed by atoms with E-state index < -0.39 is 5.97 Å². The maximum Gasteiger partial charge on any atom is 0.349 e. The molecule has 0 heterocycles. The minimum atomic E-state index is -0.675. The molecule has 0 atom stereocenters. The van der Waals surface area contributed by atoms with Crippen LogP contribution in [-0.2, 0) is 9.53 Å². The van der Waals surface area contributed by atoms with Gasteiger partial charge in [-0.25, -0.2) is 4.79 Å². The number of benzene rings is 1. The highest BCUT2D eigenvalue weighted by Crippen LogP contribution is 2.22. The second-order valence-electron chi connectivity index (χ2n) is 3.80. The third kappa shape index (κ3) is 4.00. The average molecular weight is 257 g/mol. The van der Waals surface area contributed by atoms with Gasteiger partial charge >= 0.3 is 5.97 Å². The lowest BCUT2D eigenvalue weighted by atomic mass is 10.1. The van der Waals surface area contributed by atoms with E-state index in [2.05, 4.69) is 6.58 Å². The van der Waals surface area contributed by atoms with Gasteiger partial charge in [-0.05, 0) is 25.1 Å². The summed E-state index contributed by atoms with van der Waals surface area (Å²) < 4.78 is 10.0. The van der Waals surface area contributed by atoms with Crippen LogP contribution >= 0.6 is 0 Å². The zero-order valence-electron chi connectivity index (χ0n) is 11.0. The topological polar surface area (TPSA) is 59.3 Å². The molecule has 98 valence electrons. The molecule has 1 rings (SSSR count). The number of hydrogen-bond acceptors (Lipinski definition) is 4. The molecule has 0 spiro atoms. The molecule has 0 N–H and O–H groups in total. The smallest absolute Gasteiger partial charge is 0.349 e. The van der Waals surface area contributed by atoms with E-state index in [1.807, 2.05) is 25.1 Å². The highest BCUT2D eigenvalue weighted by atomic mass is 16.5. The molecule has 1 aromatic rings. The minimum Gasteiger partial charge on any atom is -0.496 e. The van der Waals surface area contributed by atoms with Gasteiger partial charge in [0.05, 0.1) is 7.11 Å². The van der Waals surface area contributed by atoms with Crippen LogP contribution in [0.4, 0.5) is 0 Å². The number of rotatable bonds is 5. The van der Waals surface area contributed by atoms with E-state index in [0.29, 0.717) is 11.3 Å². The number of carbonyl (C=O) groups excluding carboxylic acids is 1. The summed E-state index contributed by atoms with van der Waals surface area (Å²) in [7, 11) is 1.53. The summed E-state index contributed by atoms with van der Waals surface area (Å²) in [5.41, 5.74) is 1.59. The SMILES string of the molecule is C=CCOC(=O)/C(C#N)=C/c1cc(C)ccc1OC. The number of esters is 1.